The predicted molar refractivity (Wildman–Crippen MR) is 120 cm³/mol. The summed E-state index contributed by atoms with van der Waals surface area (Å²) in [6.07, 6.45) is 0.868. The van der Waals surface area contributed by atoms with Crippen molar-refractivity contribution in [2.75, 3.05) is 44.2 Å². The fourth-order valence-electron chi connectivity index (χ4n) is 4.19. The molecular formula is C22H23Cl2N5O. The summed E-state index contributed by atoms with van der Waals surface area (Å²) in [5.74, 6) is 2.80. The average Bonchev–Trinajstić information content (AvgIpc) is 3.08. The van der Waals surface area contributed by atoms with Gasteiger partial charge in [-0.1, -0.05) is 41.4 Å². The van der Waals surface area contributed by atoms with Crippen molar-refractivity contribution in [2.45, 2.75) is 13.0 Å². The van der Waals surface area contributed by atoms with E-state index in [9.17, 15) is 0 Å². The van der Waals surface area contributed by atoms with Crippen LogP contribution in [0.4, 0.5) is 5.69 Å². The molecule has 2 aliphatic rings. The fraction of sp³-hybridized carbons (Fsp3) is 0.364. The molecule has 1 saturated heterocycles. The summed E-state index contributed by atoms with van der Waals surface area (Å²) in [5, 5.41) is 10.2. The smallest absolute Gasteiger partial charge is 0.167 e. The molecule has 0 amide bonds. The van der Waals surface area contributed by atoms with Gasteiger partial charge in [-0.05, 0) is 24.3 Å². The summed E-state index contributed by atoms with van der Waals surface area (Å²) < 4.78 is 8.09. The Hall–Kier alpha value is -2.28. The topological polar surface area (TPSA) is 46.4 Å². The molecule has 0 radical (unpaired) electrons. The first kappa shape index (κ1) is 19.7. The van der Waals surface area contributed by atoms with Crippen LogP contribution in [-0.4, -0.2) is 59.0 Å². The van der Waals surface area contributed by atoms with Crippen LogP contribution >= 0.6 is 23.2 Å². The highest BCUT2D eigenvalue weighted by molar-refractivity contribution is 6.43. The lowest BCUT2D eigenvalue weighted by molar-refractivity contribution is 0.257. The number of halogens is 2. The molecule has 0 aliphatic carbocycles. The Morgan fingerprint density at radius 2 is 1.73 bits per heavy atom. The number of rotatable bonds is 4. The van der Waals surface area contributed by atoms with Crippen LogP contribution in [0, 0.1) is 0 Å². The van der Waals surface area contributed by atoms with Gasteiger partial charge in [-0.3, -0.25) is 4.90 Å². The second-order valence-corrected chi connectivity index (χ2v) is 8.37. The van der Waals surface area contributed by atoms with Gasteiger partial charge in [-0.25, -0.2) is 0 Å². The number of para-hydroxylation sites is 1. The molecule has 5 rings (SSSR count). The summed E-state index contributed by atoms with van der Waals surface area (Å²) in [6, 6.07) is 13.9. The molecule has 156 valence electrons. The van der Waals surface area contributed by atoms with Gasteiger partial charge in [0.1, 0.15) is 18.2 Å². The molecule has 3 aromatic rings. The molecular weight excluding hydrogens is 421 g/mol. The maximum absolute atomic E-state index is 6.39. The van der Waals surface area contributed by atoms with E-state index in [2.05, 4.69) is 24.6 Å². The van der Waals surface area contributed by atoms with Crippen molar-refractivity contribution in [2.24, 2.45) is 0 Å². The number of hydrogen-bond donors (Lipinski definition) is 0. The quantitative estimate of drug-likeness (QED) is 0.609. The Morgan fingerprint density at radius 3 is 2.60 bits per heavy atom. The van der Waals surface area contributed by atoms with Gasteiger partial charge in [-0.15, -0.1) is 10.2 Å². The van der Waals surface area contributed by atoms with E-state index in [1.165, 1.54) is 0 Å². The zero-order valence-corrected chi connectivity index (χ0v) is 18.1. The van der Waals surface area contributed by atoms with E-state index < -0.39 is 0 Å². The molecule has 1 aromatic heterocycles. The van der Waals surface area contributed by atoms with Gasteiger partial charge < -0.3 is 14.2 Å². The van der Waals surface area contributed by atoms with Crippen LogP contribution in [0.25, 0.3) is 11.4 Å². The summed E-state index contributed by atoms with van der Waals surface area (Å²) in [6.45, 7) is 6.18. The fourth-order valence-corrected chi connectivity index (χ4v) is 4.60. The second kappa shape index (κ2) is 8.46. The summed E-state index contributed by atoms with van der Waals surface area (Å²) in [7, 11) is 0. The van der Waals surface area contributed by atoms with Crippen molar-refractivity contribution in [1.82, 2.24) is 19.7 Å². The highest BCUT2D eigenvalue weighted by Crippen LogP contribution is 2.33. The van der Waals surface area contributed by atoms with Crippen molar-refractivity contribution < 1.29 is 4.74 Å². The molecule has 0 saturated carbocycles. The molecule has 0 unspecified atom stereocenters. The highest BCUT2D eigenvalue weighted by Gasteiger charge is 2.23. The second-order valence-electron chi connectivity index (χ2n) is 7.59. The van der Waals surface area contributed by atoms with Crippen LogP contribution in [0.5, 0.6) is 5.75 Å². The molecule has 2 aromatic carbocycles. The van der Waals surface area contributed by atoms with Crippen LogP contribution in [0.1, 0.15) is 5.82 Å². The van der Waals surface area contributed by atoms with Crippen molar-refractivity contribution in [1.29, 1.82) is 0 Å². The zero-order valence-electron chi connectivity index (χ0n) is 16.6. The van der Waals surface area contributed by atoms with Gasteiger partial charge in [0.25, 0.3) is 0 Å². The monoisotopic (exact) mass is 443 g/mol. The van der Waals surface area contributed by atoms with Crippen LogP contribution in [-0.2, 0) is 13.0 Å². The predicted octanol–water partition coefficient (Wildman–Crippen LogP) is 4.01. The third-order valence-corrected chi connectivity index (χ3v) is 6.63. The van der Waals surface area contributed by atoms with Crippen molar-refractivity contribution in [3.05, 3.63) is 58.3 Å². The van der Waals surface area contributed by atoms with Gasteiger partial charge in [0.15, 0.2) is 5.82 Å². The lowest BCUT2D eigenvalue weighted by Gasteiger charge is -2.36. The number of fused-ring (bicyclic) bond motifs is 3. The normalized spacial score (nSPS) is 16.5. The number of ether oxygens (including phenoxy) is 1. The molecule has 6 nitrogen and oxygen atoms in total. The number of hydrogen-bond acceptors (Lipinski definition) is 5. The van der Waals surface area contributed by atoms with E-state index in [0.29, 0.717) is 16.7 Å². The lowest BCUT2D eigenvalue weighted by atomic mass is 10.2. The maximum Gasteiger partial charge on any atom is 0.167 e. The Morgan fingerprint density at radius 1 is 0.900 bits per heavy atom. The molecule has 0 N–H and O–H groups in total. The third-order valence-electron chi connectivity index (χ3n) is 5.82. The first-order valence-corrected chi connectivity index (χ1v) is 11.0. The van der Waals surface area contributed by atoms with Crippen molar-refractivity contribution in [3.63, 3.8) is 0 Å². The van der Waals surface area contributed by atoms with E-state index in [0.717, 1.165) is 74.3 Å². The van der Waals surface area contributed by atoms with Gasteiger partial charge in [0, 0.05) is 39.1 Å². The largest absolute Gasteiger partial charge is 0.491 e. The molecule has 3 heterocycles. The Labute approximate surface area is 186 Å². The number of aromatic nitrogens is 3. The molecule has 0 spiro atoms. The average molecular weight is 444 g/mol. The van der Waals surface area contributed by atoms with E-state index in [-0.39, 0.29) is 0 Å². The first-order valence-electron chi connectivity index (χ1n) is 10.3. The van der Waals surface area contributed by atoms with Crippen LogP contribution in [0.2, 0.25) is 10.0 Å². The number of anilines is 1. The van der Waals surface area contributed by atoms with Gasteiger partial charge >= 0.3 is 0 Å². The van der Waals surface area contributed by atoms with E-state index in [1.54, 1.807) is 0 Å². The van der Waals surface area contributed by atoms with E-state index in [4.69, 9.17) is 27.9 Å². The van der Waals surface area contributed by atoms with Crippen LogP contribution < -0.4 is 9.64 Å². The SMILES string of the molecule is Clc1cccc(N2CCN(CCc3nnc4n3CCOc3ccccc3-4)CC2)c1Cl. The third kappa shape index (κ3) is 3.75. The van der Waals surface area contributed by atoms with Crippen LogP contribution in [0.3, 0.4) is 0 Å². The minimum absolute atomic E-state index is 0.606. The zero-order chi connectivity index (χ0) is 20.5. The maximum atomic E-state index is 6.39. The van der Waals surface area contributed by atoms with Gasteiger partial charge in [0.05, 0.1) is 27.8 Å². The Balaban J connectivity index is 1.23. The van der Waals surface area contributed by atoms with E-state index in [1.807, 2.05) is 42.5 Å². The molecule has 1 fully saturated rings. The minimum Gasteiger partial charge on any atom is -0.491 e. The lowest BCUT2D eigenvalue weighted by Crippen LogP contribution is -2.47. The molecule has 8 heteroatoms. The molecule has 0 atom stereocenters. The Bertz CT molecular complexity index is 1050. The summed E-state index contributed by atoms with van der Waals surface area (Å²) in [4.78, 5) is 4.78. The van der Waals surface area contributed by atoms with Gasteiger partial charge in [-0.2, -0.15) is 0 Å². The molecule has 0 bridgehead atoms. The first-order chi connectivity index (χ1) is 14.7. The number of piperazine rings is 1. The minimum atomic E-state index is 0.606. The molecule has 2 aliphatic heterocycles. The Kier molecular flexibility index (Phi) is 5.54. The highest BCUT2D eigenvalue weighted by atomic mass is 35.5. The summed E-state index contributed by atoms with van der Waals surface area (Å²) in [5.41, 5.74) is 2.03. The van der Waals surface area contributed by atoms with Crippen LogP contribution in [0.15, 0.2) is 42.5 Å². The van der Waals surface area contributed by atoms with Crippen molar-refractivity contribution >= 4 is 28.9 Å². The number of nitrogens with zero attached hydrogens (tertiary/aromatic N) is 5. The molecule has 30 heavy (non-hydrogen) atoms. The summed E-state index contributed by atoms with van der Waals surface area (Å²) >= 11 is 12.6. The number of benzene rings is 2. The van der Waals surface area contributed by atoms with Crippen molar-refractivity contribution in [3.8, 4) is 17.1 Å². The van der Waals surface area contributed by atoms with E-state index >= 15 is 0 Å². The standard InChI is InChI=1S/C22H23Cl2N5O/c23-17-5-3-6-18(21(17)24)28-12-10-27(11-13-28)9-8-20-25-26-22-16-4-1-2-7-19(16)30-15-14-29(20)22/h1-7H,8-15H2. The van der Waals surface area contributed by atoms with Gasteiger partial charge in [0.2, 0.25) is 0 Å².